The van der Waals surface area contributed by atoms with E-state index in [0.717, 1.165) is 36.4 Å². The Morgan fingerprint density at radius 1 is 0.897 bits per heavy atom. The number of aryl methyl sites for hydroxylation is 1. The van der Waals surface area contributed by atoms with Crippen LogP contribution in [0.3, 0.4) is 0 Å². The second-order valence-corrected chi connectivity index (χ2v) is 8.03. The highest BCUT2D eigenvalue weighted by Crippen LogP contribution is 2.40. The fraction of sp³-hybridized carbons (Fsp3) is 0.417. The second kappa shape index (κ2) is 8.68. The van der Waals surface area contributed by atoms with Crippen molar-refractivity contribution in [3.05, 3.63) is 54.1 Å². The third-order valence-corrected chi connectivity index (χ3v) is 5.98. The Hall–Kier alpha value is -2.82. The number of carbonyl (C=O) groups is 2. The van der Waals surface area contributed by atoms with Crippen molar-refractivity contribution in [2.45, 2.75) is 39.0 Å². The van der Waals surface area contributed by atoms with E-state index in [2.05, 4.69) is 34.6 Å². The molecule has 2 aromatic carbocycles. The van der Waals surface area contributed by atoms with Gasteiger partial charge in [-0.2, -0.15) is 0 Å². The van der Waals surface area contributed by atoms with E-state index in [1.54, 1.807) is 0 Å². The Labute approximate surface area is 172 Å². The molecule has 2 fully saturated rings. The Morgan fingerprint density at radius 2 is 1.55 bits per heavy atom. The molecule has 0 spiro atoms. The summed E-state index contributed by atoms with van der Waals surface area (Å²) in [5.41, 5.74) is 3.95. The van der Waals surface area contributed by atoms with Crippen molar-refractivity contribution in [3.63, 3.8) is 0 Å². The average molecular weight is 392 g/mol. The van der Waals surface area contributed by atoms with Gasteiger partial charge in [-0.1, -0.05) is 25.1 Å². The maximum absolute atomic E-state index is 12.6. The topological polar surface area (TPSA) is 61.4 Å². The second-order valence-electron chi connectivity index (χ2n) is 8.03. The normalized spacial score (nSPS) is 20.8. The predicted octanol–water partition coefficient (Wildman–Crippen LogP) is 4.45. The van der Waals surface area contributed by atoms with Crippen LogP contribution in [-0.4, -0.2) is 24.9 Å². The lowest BCUT2D eigenvalue weighted by Gasteiger charge is -2.28. The van der Waals surface area contributed by atoms with Crippen LogP contribution in [0.4, 0.5) is 17.1 Å². The summed E-state index contributed by atoms with van der Waals surface area (Å²) in [6.07, 6.45) is 5.26. The van der Waals surface area contributed by atoms with E-state index in [-0.39, 0.29) is 23.7 Å². The van der Waals surface area contributed by atoms with Gasteiger partial charge in [0, 0.05) is 30.2 Å². The maximum Gasteiger partial charge on any atom is 0.228 e. The number of amides is 2. The van der Waals surface area contributed by atoms with Crippen LogP contribution in [0.25, 0.3) is 0 Å². The van der Waals surface area contributed by atoms with Crippen LogP contribution < -0.4 is 15.5 Å². The fourth-order valence-electron chi connectivity index (χ4n) is 4.09. The number of nitrogens with one attached hydrogen (secondary N) is 2. The lowest BCUT2D eigenvalue weighted by atomic mass is 10.1. The third-order valence-electron chi connectivity index (χ3n) is 5.98. The largest absolute Gasteiger partial charge is 0.372 e. The van der Waals surface area contributed by atoms with Crippen LogP contribution in [0.15, 0.2) is 48.5 Å². The summed E-state index contributed by atoms with van der Waals surface area (Å²) in [6.45, 7) is 4.27. The first-order chi connectivity index (χ1) is 14.2. The van der Waals surface area contributed by atoms with E-state index in [9.17, 15) is 9.59 Å². The molecule has 2 atom stereocenters. The summed E-state index contributed by atoms with van der Waals surface area (Å²) >= 11 is 0. The number of rotatable bonds is 6. The quantitative estimate of drug-likeness (QED) is 0.765. The summed E-state index contributed by atoms with van der Waals surface area (Å²) < 4.78 is 0. The molecule has 1 aliphatic heterocycles. The van der Waals surface area contributed by atoms with Crippen molar-refractivity contribution in [1.29, 1.82) is 0 Å². The smallest absolute Gasteiger partial charge is 0.228 e. The van der Waals surface area contributed by atoms with Crippen molar-refractivity contribution in [2.75, 3.05) is 28.6 Å². The SMILES string of the molecule is CCc1ccccc1NC(=O)C1CC1C(=O)Nc1ccc(N2CCCCC2)cc1. The van der Waals surface area contributed by atoms with Gasteiger partial charge in [0.1, 0.15) is 0 Å². The number of nitrogens with zero attached hydrogens (tertiary/aromatic N) is 1. The predicted molar refractivity (Wildman–Crippen MR) is 117 cm³/mol. The van der Waals surface area contributed by atoms with Crippen molar-refractivity contribution in [1.82, 2.24) is 0 Å². The van der Waals surface area contributed by atoms with E-state index in [1.165, 1.54) is 24.9 Å². The highest BCUT2D eigenvalue weighted by atomic mass is 16.2. The van der Waals surface area contributed by atoms with Crippen LogP contribution in [0, 0.1) is 11.8 Å². The first-order valence-corrected chi connectivity index (χ1v) is 10.7. The van der Waals surface area contributed by atoms with Gasteiger partial charge >= 0.3 is 0 Å². The number of benzene rings is 2. The van der Waals surface area contributed by atoms with Crippen LogP contribution in [0.1, 0.15) is 38.2 Å². The van der Waals surface area contributed by atoms with Crippen molar-refractivity contribution < 1.29 is 9.59 Å². The number of hydrogen-bond donors (Lipinski definition) is 2. The van der Waals surface area contributed by atoms with Gasteiger partial charge in [0.25, 0.3) is 0 Å². The first-order valence-electron chi connectivity index (χ1n) is 10.7. The Kier molecular flexibility index (Phi) is 5.84. The number of para-hydroxylation sites is 1. The molecule has 1 saturated heterocycles. The zero-order valence-electron chi connectivity index (χ0n) is 17.0. The lowest BCUT2D eigenvalue weighted by molar-refractivity contribution is -0.122. The Balaban J connectivity index is 1.30. The first kappa shape index (κ1) is 19.5. The van der Waals surface area contributed by atoms with Crippen LogP contribution >= 0.6 is 0 Å². The Bertz CT molecular complexity index is 872. The zero-order valence-corrected chi connectivity index (χ0v) is 17.0. The van der Waals surface area contributed by atoms with E-state index in [4.69, 9.17) is 0 Å². The Morgan fingerprint density at radius 3 is 2.24 bits per heavy atom. The average Bonchev–Trinajstić information content (AvgIpc) is 3.57. The minimum atomic E-state index is -0.245. The van der Waals surface area contributed by atoms with Gasteiger partial charge in [-0.15, -0.1) is 0 Å². The summed E-state index contributed by atoms with van der Waals surface area (Å²) in [6, 6.07) is 15.9. The molecule has 5 nitrogen and oxygen atoms in total. The van der Waals surface area contributed by atoms with Gasteiger partial charge in [-0.3, -0.25) is 9.59 Å². The van der Waals surface area contributed by atoms with Gasteiger partial charge in [0.05, 0.1) is 11.8 Å². The van der Waals surface area contributed by atoms with Crippen molar-refractivity contribution in [3.8, 4) is 0 Å². The highest BCUT2D eigenvalue weighted by molar-refractivity contribution is 6.03. The van der Waals surface area contributed by atoms with Crippen molar-refractivity contribution >= 4 is 28.9 Å². The number of hydrogen-bond acceptors (Lipinski definition) is 3. The lowest BCUT2D eigenvalue weighted by Crippen LogP contribution is -2.29. The minimum Gasteiger partial charge on any atom is -0.372 e. The molecular weight excluding hydrogens is 362 g/mol. The van der Waals surface area contributed by atoms with Crippen LogP contribution in [0.5, 0.6) is 0 Å². The molecule has 1 heterocycles. The standard InChI is InChI=1S/C24H29N3O2/c1-2-17-8-4-5-9-22(17)26-24(29)21-16-20(21)23(28)25-18-10-12-19(13-11-18)27-14-6-3-7-15-27/h4-5,8-13,20-21H,2-3,6-7,14-16H2,1H3,(H,25,28)(H,26,29). The van der Waals surface area contributed by atoms with Crippen molar-refractivity contribution in [2.24, 2.45) is 11.8 Å². The molecule has 0 bridgehead atoms. The molecule has 2 aromatic rings. The van der Waals surface area contributed by atoms with Gasteiger partial charge in [-0.05, 0) is 68.0 Å². The summed E-state index contributed by atoms with van der Waals surface area (Å²) in [4.78, 5) is 27.5. The number of carbonyl (C=O) groups excluding carboxylic acids is 2. The van der Waals surface area contributed by atoms with E-state index < -0.39 is 0 Å². The monoisotopic (exact) mass is 391 g/mol. The molecule has 152 valence electrons. The highest BCUT2D eigenvalue weighted by Gasteiger charge is 2.48. The molecule has 0 radical (unpaired) electrons. The molecular formula is C24H29N3O2. The summed E-state index contributed by atoms with van der Waals surface area (Å²) in [7, 11) is 0. The summed E-state index contributed by atoms with van der Waals surface area (Å²) in [5, 5.41) is 5.96. The van der Waals surface area contributed by atoms with Gasteiger partial charge in [0.2, 0.25) is 11.8 Å². The molecule has 5 heteroatoms. The molecule has 4 rings (SSSR count). The summed E-state index contributed by atoms with van der Waals surface area (Å²) in [5.74, 6) is -0.621. The van der Waals surface area contributed by atoms with Gasteiger partial charge in [-0.25, -0.2) is 0 Å². The van der Waals surface area contributed by atoms with E-state index >= 15 is 0 Å². The molecule has 2 amide bonds. The molecule has 2 aliphatic rings. The van der Waals surface area contributed by atoms with Crippen LogP contribution in [0.2, 0.25) is 0 Å². The van der Waals surface area contributed by atoms with Gasteiger partial charge in [0.15, 0.2) is 0 Å². The molecule has 0 aromatic heterocycles. The fourth-order valence-corrected chi connectivity index (χ4v) is 4.09. The number of piperidine rings is 1. The minimum absolute atomic E-state index is 0.0634. The molecule has 29 heavy (non-hydrogen) atoms. The van der Waals surface area contributed by atoms with Crippen LogP contribution in [-0.2, 0) is 16.0 Å². The van der Waals surface area contributed by atoms with E-state index in [1.807, 2.05) is 36.4 Å². The zero-order chi connectivity index (χ0) is 20.2. The molecule has 1 saturated carbocycles. The van der Waals surface area contributed by atoms with E-state index in [0.29, 0.717) is 6.42 Å². The third kappa shape index (κ3) is 4.61. The molecule has 2 N–H and O–H groups in total. The molecule has 2 unspecified atom stereocenters. The number of anilines is 3. The van der Waals surface area contributed by atoms with Gasteiger partial charge < -0.3 is 15.5 Å². The molecule has 1 aliphatic carbocycles. The maximum atomic E-state index is 12.6.